The summed E-state index contributed by atoms with van der Waals surface area (Å²) >= 11 is 0. The van der Waals surface area contributed by atoms with Crippen LogP contribution in [-0.2, 0) is 6.18 Å². The van der Waals surface area contributed by atoms with Gasteiger partial charge in [-0.25, -0.2) is 4.98 Å². The third-order valence-electron chi connectivity index (χ3n) is 3.51. The van der Waals surface area contributed by atoms with E-state index < -0.39 is 17.6 Å². The maximum absolute atomic E-state index is 12.8. The van der Waals surface area contributed by atoms with Crippen molar-refractivity contribution in [3.63, 3.8) is 0 Å². The van der Waals surface area contributed by atoms with Gasteiger partial charge in [0, 0.05) is 11.6 Å². The number of carbonyl (C=O) groups is 1. The van der Waals surface area contributed by atoms with E-state index in [0.717, 1.165) is 12.1 Å². The number of hydrogen-bond acceptors (Lipinski definition) is 4. The van der Waals surface area contributed by atoms with Crippen molar-refractivity contribution in [3.05, 3.63) is 66.1 Å². The van der Waals surface area contributed by atoms with Crippen LogP contribution in [0.4, 0.5) is 18.9 Å². The lowest BCUT2D eigenvalue weighted by atomic mass is 10.1. The topological polar surface area (TPSA) is 64.4 Å². The first-order chi connectivity index (χ1) is 12.4. The average Bonchev–Trinajstić information content (AvgIpc) is 3.12. The Balaban J connectivity index is 1.77. The summed E-state index contributed by atoms with van der Waals surface area (Å²) in [6, 6.07) is 10.7. The Morgan fingerprint density at radius 3 is 2.62 bits per heavy atom. The highest BCUT2D eigenvalue weighted by molar-refractivity contribution is 6.02. The maximum Gasteiger partial charge on any atom is 0.416 e. The van der Waals surface area contributed by atoms with E-state index in [-0.39, 0.29) is 17.1 Å². The quantitative estimate of drug-likeness (QED) is 0.735. The molecular formula is C18H13F3N2O3. The number of anilines is 1. The van der Waals surface area contributed by atoms with Crippen molar-refractivity contribution < 1.29 is 27.1 Å². The summed E-state index contributed by atoms with van der Waals surface area (Å²) in [5, 5.41) is 2.58. The molecule has 3 aromatic rings. The largest absolute Gasteiger partial charge is 0.481 e. The molecule has 0 fully saturated rings. The highest BCUT2D eigenvalue weighted by Gasteiger charge is 2.30. The Bertz CT molecular complexity index is 918. The van der Waals surface area contributed by atoms with E-state index in [4.69, 9.17) is 9.15 Å². The van der Waals surface area contributed by atoms with Crippen LogP contribution in [0.5, 0.6) is 5.88 Å². The van der Waals surface area contributed by atoms with Gasteiger partial charge in [0.05, 0.1) is 24.6 Å². The Hall–Kier alpha value is -3.29. The smallest absolute Gasteiger partial charge is 0.416 e. The zero-order valence-electron chi connectivity index (χ0n) is 13.5. The third kappa shape index (κ3) is 3.85. The van der Waals surface area contributed by atoms with Crippen LogP contribution in [0.15, 0.2) is 59.1 Å². The van der Waals surface area contributed by atoms with Crippen LogP contribution >= 0.6 is 0 Å². The zero-order valence-corrected chi connectivity index (χ0v) is 13.5. The van der Waals surface area contributed by atoms with Crippen LogP contribution in [0, 0.1) is 0 Å². The van der Waals surface area contributed by atoms with E-state index in [9.17, 15) is 18.0 Å². The van der Waals surface area contributed by atoms with Gasteiger partial charge in [0.15, 0.2) is 5.76 Å². The fraction of sp³-hybridized carbons (Fsp3) is 0.111. The molecule has 1 amide bonds. The molecule has 26 heavy (non-hydrogen) atoms. The predicted octanol–water partition coefficient (Wildman–Crippen LogP) is 4.62. The molecule has 0 aliphatic carbocycles. The molecule has 0 spiro atoms. The van der Waals surface area contributed by atoms with Crippen molar-refractivity contribution in [1.82, 2.24) is 4.98 Å². The number of alkyl halides is 3. The number of halogens is 3. The monoisotopic (exact) mass is 362 g/mol. The molecule has 0 atom stereocenters. The summed E-state index contributed by atoms with van der Waals surface area (Å²) < 4.78 is 48.7. The van der Waals surface area contributed by atoms with Gasteiger partial charge in [0.1, 0.15) is 5.76 Å². The Morgan fingerprint density at radius 1 is 1.15 bits per heavy atom. The molecule has 0 radical (unpaired) electrons. The molecule has 8 heteroatoms. The first kappa shape index (κ1) is 17.5. The van der Waals surface area contributed by atoms with Gasteiger partial charge in [-0.3, -0.25) is 4.79 Å². The Morgan fingerprint density at radius 2 is 1.96 bits per heavy atom. The molecule has 3 rings (SSSR count). The summed E-state index contributed by atoms with van der Waals surface area (Å²) in [7, 11) is 1.47. The molecule has 0 saturated carbocycles. The summed E-state index contributed by atoms with van der Waals surface area (Å²) in [4.78, 5) is 16.2. The minimum absolute atomic E-state index is 0.0340. The number of pyridine rings is 1. The summed E-state index contributed by atoms with van der Waals surface area (Å²) in [5.41, 5.74) is -0.139. The van der Waals surface area contributed by atoms with Crippen LogP contribution in [0.1, 0.15) is 16.1 Å². The zero-order chi connectivity index (χ0) is 18.7. The SMILES string of the molecule is COc1ccc(NC(=O)c2ccc(-c3cccc(C(F)(F)F)c3)o2)cn1. The van der Waals surface area contributed by atoms with Gasteiger partial charge in [0.25, 0.3) is 5.91 Å². The van der Waals surface area contributed by atoms with E-state index in [1.54, 1.807) is 12.1 Å². The summed E-state index contributed by atoms with van der Waals surface area (Å²) in [6.45, 7) is 0. The van der Waals surface area contributed by atoms with Crippen molar-refractivity contribution >= 4 is 11.6 Å². The van der Waals surface area contributed by atoms with E-state index in [0.29, 0.717) is 11.6 Å². The number of nitrogens with one attached hydrogen (secondary N) is 1. The molecule has 0 bridgehead atoms. The van der Waals surface area contributed by atoms with Crippen LogP contribution in [0.25, 0.3) is 11.3 Å². The summed E-state index contributed by atoms with van der Waals surface area (Å²) in [5.74, 6) is -0.0228. The summed E-state index contributed by atoms with van der Waals surface area (Å²) in [6.07, 6.45) is -3.04. The molecule has 0 aliphatic rings. The second kappa shape index (κ2) is 6.91. The Kier molecular flexibility index (Phi) is 4.66. The number of benzene rings is 1. The normalized spacial score (nSPS) is 11.2. The lowest BCUT2D eigenvalue weighted by Gasteiger charge is -2.07. The first-order valence-electron chi connectivity index (χ1n) is 7.45. The number of hydrogen-bond donors (Lipinski definition) is 1. The standard InChI is InChI=1S/C18H13F3N2O3/c1-25-16-8-5-13(10-22-16)23-17(24)15-7-6-14(26-15)11-3-2-4-12(9-11)18(19,20)21/h2-10H,1H3,(H,23,24). The molecule has 5 nitrogen and oxygen atoms in total. The minimum atomic E-state index is -4.45. The first-order valence-corrected chi connectivity index (χ1v) is 7.45. The van der Waals surface area contributed by atoms with Gasteiger partial charge < -0.3 is 14.5 Å². The fourth-order valence-corrected chi connectivity index (χ4v) is 2.23. The van der Waals surface area contributed by atoms with Crippen molar-refractivity contribution in [1.29, 1.82) is 0 Å². The second-order valence-electron chi connectivity index (χ2n) is 5.29. The lowest BCUT2D eigenvalue weighted by Crippen LogP contribution is -2.11. The van der Waals surface area contributed by atoms with Gasteiger partial charge in [-0.15, -0.1) is 0 Å². The highest BCUT2D eigenvalue weighted by atomic mass is 19.4. The number of rotatable bonds is 4. The van der Waals surface area contributed by atoms with E-state index in [1.807, 2.05) is 0 Å². The highest BCUT2D eigenvalue weighted by Crippen LogP contribution is 2.32. The second-order valence-corrected chi connectivity index (χ2v) is 5.29. The molecule has 134 valence electrons. The van der Waals surface area contributed by atoms with Gasteiger partial charge in [-0.05, 0) is 30.3 Å². The molecule has 0 aliphatic heterocycles. The van der Waals surface area contributed by atoms with Crippen LogP contribution in [0.3, 0.4) is 0 Å². The lowest BCUT2D eigenvalue weighted by molar-refractivity contribution is -0.137. The van der Waals surface area contributed by atoms with E-state index >= 15 is 0 Å². The van der Waals surface area contributed by atoms with Crippen LogP contribution in [0.2, 0.25) is 0 Å². The van der Waals surface area contributed by atoms with Gasteiger partial charge >= 0.3 is 6.18 Å². The van der Waals surface area contributed by atoms with Gasteiger partial charge in [-0.1, -0.05) is 12.1 Å². The maximum atomic E-state index is 12.8. The van der Waals surface area contributed by atoms with Gasteiger partial charge in [0.2, 0.25) is 5.88 Å². The third-order valence-corrected chi connectivity index (χ3v) is 3.51. The van der Waals surface area contributed by atoms with Crippen LogP contribution < -0.4 is 10.1 Å². The molecular weight excluding hydrogens is 349 g/mol. The van der Waals surface area contributed by atoms with Crippen molar-refractivity contribution in [3.8, 4) is 17.2 Å². The average molecular weight is 362 g/mol. The molecule has 2 aromatic heterocycles. The number of methoxy groups -OCH3 is 1. The molecule has 2 heterocycles. The minimum Gasteiger partial charge on any atom is -0.481 e. The molecule has 0 saturated heterocycles. The van der Waals surface area contributed by atoms with Crippen molar-refractivity contribution in [2.24, 2.45) is 0 Å². The number of amides is 1. The number of aromatic nitrogens is 1. The van der Waals surface area contributed by atoms with Gasteiger partial charge in [-0.2, -0.15) is 13.2 Å². The number of carbonyl (C=O) groups excluding carboxylic acids is 1. The van der Waals surface area contributed by atoms with Crippen molar-refractivity contribution in [2.75, 3.05) is 12.4 Å². The molecule has 1 N–H and O–H groups in total. The van der Waals surface area contributed by atoms with Crippen LogP contribution in [-0.4, -0.2) is 18.0 Å². The number of ether oxygens (including phenoxy) is 1. The predicted molar refractivity (Wildman–Crippen MR) is 87.9 cm³/mol. The Labute approximate surface area is 146 Å². The number of nitrogens with zero attached hydrogens (tertiary/aromatic N) is 1. The number of furan rings is 1. The molecule has 1 aromatic carbocycles. The van der Waals surface area contributed by atoms with Crippen molar-refractivity contribution in [2.45, 2.75) is 6.18 Å². The van der Waals surface area contributed by atoms with E-state index in [1.165, 1.54) is 37.6 Å². The van der Waals surface area contributed by atoms with E-state index in [2.05, 4.69) is 10.3 Å². The molecule has 0 unspecified atom stereocenters. The fourth-order valence-electron chi connectivity index (χ4n) is 2.23.